The van der Waals surface area contributed by atoms with Crippen LogP contribution in [0.3, 0.4) is 0 Å². The Labute approximate surface area is 181 Å². The van der Waals surface area contributed by atoms with E-state index in [1.165, 1.54) is 29.4 Å². The minimum absolute atomic E-state index is 0.349. The Hall–Kier alpha value is -3.12. The van der Waals surface area contributed by atoms with Gasteiger partial charge in [0, 0.05) is 22.7 Å². The second kappa shape index (κ2) is 7.54. The maximum atomic E-state index is 11.9. The zero-order valence-corrected chi connectivity index (χ0v) is 18.3. The number of pyridine rings is 1. The van der Waals surface area contributed by atoms with E-state index >= 15 is 0 Å². The lowest BCUT2D eigenvalue weighted by Gasteiger charge is -2.23. The van der Waals surface area contributed by atoms with Gasteiger partial charge in [-0.25, -0.2) is 4.98 Å². The Kier molecular flexibility index (Phi) is 4.82. The maximum absolute atomic E-state index is 11.9. The van der Waals surface area contributed by atoms with Crippen molar-refractivity contribution in [2.75, 3.05) is 13.1 Å². The van der Waals surface area contributed by atoms with Gasteiger partial charge in [0.25, 0.3) is 5.91 Å². The second-order valence-electron chi connectivity index (χ2n) is 9.01. The van der Waals surface area contributed by atoms with Gasteiger partial charge in [0.15, 0.2) is 0 Å². The summed E-state index contributed by atoms with van der Waals surface area (Å²) in [6, 6.07) is 9.02. The highest BCUT2D eigenvalue weighted by Gasteiger charge is 2.21. The van der Waals surface area contributed by atoms with E-state index in [1.54, 1.807) is 6.20 Å². The number of carbonyl (C=O) groups excluding carboxylic acids is 1. The fraction of sp³-hybridized carbons (Fsp3) is 0.360. The maximum Gasteiger partial charge on any atom is 0.267 e. The van der Waals surface area contributed by atoms with Gasteiger partial charge in [-0.1, -0.05) is 19.9 Å². The van der Waals surface area contributed by atoms with Gasteiger partial charge in [0.1, 0.15) is 11.3 Å². The first kappa shape index (κ1) is 19.8. The van der Waals surface area contributed by atoms with Gasteiger partial charge in [0.05, 0.1) is 11.9 Å². The molecule has 6 heteroatoms. The molecule has 31 heavy (non-hydrogen) atoms. The lowest BCUT2D eigenvalue weighted by Crippen LogP contribution is -2.26. The molecule has 4 aromatic rings. The highest BCUT2D eigenvalue weighted by Crippen LogP contribution is 2.38. The van der Waals surface area contributed by atoms with Crippen molar-refractivity contribution in [3.8, 4) is 11.3 Å². The third-order valence-electron chi connectivity index (χ3n) is 6.58. The monoisotopic (exact) mass is 415 g/mol. The number of primary amides is 1. The van der Waals surface area contributed by atoms with E-state index in [2.05, 4.69) is 53.4 Å². The van der Waals surface area contributed by atoms with Crippen molar-refractivity contribution in [2.24, 2.45) is 5.73 Å². The molecule has 0 spiro atoms. The average molecular weight is 416 g/mol. The summed E-state index contributed by atoms with van der Waals surface area (Å²) in [4.78, 5) is 19.9. The number of piperidine rings is 1. The molecule has 0 atom stereocenters. The first-order chi connectivity index (χ1) is 14.9. The van der Waals surface area contributed by atoms with Crippen LogP contribution in [0.2, 0.25) is 0 Å². The van der Waals surface area contributed by atoms with E-state index in [4.69, 9.17) is 5.73 Å². The van der Waals surface area contributed by atoms with Crippen LogP contribution in [0.1, 0.15) is 65.7 Å². The van der Waals surface area contributed by atoms with E-state index in [1.807, 2.05) is 17.5 Å². The van der Waals surface area contributed by atoms with E-state index in [-0.39, 0.29) is 0 Å². The summed E-state index contributed by atoms with van der Waals surface area (Å²) in [5, 5.41) is 4.75. The molecule has 1 fully saturated rings. The van der Waals surface area contributed by atoms with Crippen LogP contribution in [0.15, 0.2) is 36.7 Å². The summed E-state index contributed by atoms with van der Waals surface area (Å²) < 4.78 is 1.81. The predicted molar refractivity (Wildman–Crippen MR) is 125 cm³/mol. The molecule has 3 aromatic heterocycles. The Morgan fingerprint density at radius 1 is 1.23 bits per heavy atom. The van der Waals surface area contributed by atoms with Crippen LogP contribution in [0, 0.1) is 6.92 Å². The molecule has 1 aliphatic rings. The lowest BCUT2D eigenvalue weighted by atomic mass is 9.88. The van der Waals surface area contributed by atoms with Gasteiger partial charge in [-0.15, -0.1) is 0 Å². The number of nitrogens with one attached hydrogen (secondary N) is 2. The van der Waals surface area contributed by atoms with E-state index in [9.17, 15) is 4.79 Å². The topological polar surface area (TPSA) is 88.2 Å². The van der Waals surface area contributed by atoms with E-state index < -0.39 is 5.91 Å². The van der Waals surface area contributed by atoms with Crippen LogP contribution >= 0.6 is 0 Å². The number of hydrogen-bond acceptors (Lipinski definition) is 3. The van der Waals surface area contributed by atoms with Crippen molar-refractivity contribution in [1.82, 2.24) is 19.7 Å². The molecule has 1 amide bonds. The fourth-order valence-corrected chi connectivity index (χ4v) is 5.04. The number of amides is 1. The van der Waals surface area contributed by atoms with Crippen LogP contribution in [0.5, 0.6) is 0 Å². The summed E-state index contributed by atoms with van der Waals surface area (Å²) in [5.41, 5.74) is 13.8. The van der Waals surface area contributed by atoms with Crippen LogP contribution in [0.25, 0.3) is 27.8 Å². The molecular weight excluding hydrogens is 386 g/mol. The SMILES string of the molecule is Cc1cc(-c2[nH]c3ccc(C4CCNCC4)cc3c2C(C)C)cn2c(C(N)=O)cnc12. The number of hydrogen-bond donors (Lipinski definition) is 3. The third-order valence-corrected chi connectivity index (χ3v) is 6.58. The molecule has 1 aromatic carbocycles. The van der Waals surface area contributed by atoms with Crippen molar-refractivity contribution >= 4 is 22.5 Å². The van der Waals surface area contributed by atoms with Gasteiger partial charge >= 0.3 is 0 Å². The number of rotatable bonds is 4. The molecule has 0 aliphatic carbocycles. The quantitative estimate of drug-likeness (QED) is 0.459. The smallest absolute Gasteiger partial charge is 0.267 e. The number of imidazole rings is 1. The number of H-pyrrole nitrogens is 1. The van der Waals surface area contributed by atoms with Crippen LogP contribution in [-0.2, 0) is 0 Å². The molecule has 0 unspecified atom stereocenters. The molecular formula is C25H29N5O. The number of carbonyl (C=O) groups is 1. The summed E-state index contributed by atoms with van der Waals surface area (Å²) in [6.07, 6.45) is 5.90. The Morgan fingerprint density at radius 3 is 2.71 bits per heavy atom. The minimum atomic E-state index is -0.476. The van der Waals surface area contributed by atoms with Crippen molar-refractivity contribution in [3.05, 3.63) is 59.0 Å². The van der Waals surface area contributed by atoms with E-state index in [0.717, 1.165) is 41.1 Å². The Balaban J connectivity index is 1.70. The molecule has 4 N–H and O–H groups in total. The minimum Gasteiger partial charge on any atom is -0.364 e. The van der Waals surface area contributed by atoms with Crippen LogP contribution < -0.4 is 11.1 Å². The molecule has 0 saturated carbocycles. The first-order valence-corrected chi connectivity index (χ1v) is 11.1. The van der Waals surface area contributed by atoms with Gasteiger partial charge < -0.3 is 16.0 Å². The molecule has 6 nitrogen and oxygen atoms in total. The van der Waals surface area contributed by atoms with Gasteiger partial charge in [-0.05, 0) is 79.6 Å². The molecule has 160 valence electrons. The fourth-order valence-electron chi connectivity index (χ4n) is 5.04. The summed E-state index contributed by atoms with van der Waals surface area (Å²) in [7, 11) is 0. The average Bonchev–Trinajstić information content (AvgIpc) is 3.36. The van der Waals surface area contributed by atoms with Crippen molar-refractivity contribution in [1.29, 1.82) is 0 Å². The third kappa shape index (κ3) is 3.31. The number of fused-ring (bicyclic) bond motifs is 2. The standard InChI is InChI=1S/C25H29N5O/c1-14(2)22-19-11-17(16-6-8-27-9-7-16)4-5-20(19)29-23(22)18-10-15(3)25-28-12-21(24(26)31)30(25)13-18/h4-5,10-14,16,27,29H,6-9H2,1-3H3,(H2,26,31). The van der Waals surface area contributed by atoms with Crippen LogP contribution in [0.4, 0.5) is 0 Å². The number of nitrogens with zero attached hydrogens (tertiary/aromatic N) is 2. The molecule has 1 aliphatic heterocycles. The largest absolute Gasteiger partial charge is 0.364 e. The zero-order valence-electron chi connectivity index (χ0n) is 18.3. The van der Waals surface area contributed by atoms with Gasteiger partial charge in [0.2, 0.25) is 0 Å². The Morgan fingerprint density at radius 2 is 2.00 bits per heavy atom. The van der Waals surface area contributed by atoms with E-state index in [0.29, 0.717) is 17.5 Å². The normalized spacial score (nSPS) is 15.4. The number of benzene rings is 1. The highest BCUT2D eigenvalue weighted by atomic mass is 16.1. The molecule has 4 heterocycles. The molecule has 0 radical (unpaired) electrons. The van der Waals surface area contributed by atoms with Crippen LogP contribution in [-0.4, -0.2) is 33.4 Å². The first-order valence-electron chi connectivity index (χ1n) is 11.1. The van der Waals surface area contributed by atoms with Crippen molar-refractivity contribution in [2.45, 2.75) is 45.4 Å². The van der Waals surface area contributed by atoms with Crippen molar-refractivity contribution < 1.29 is 4.79 Å². The number of nitrogens with two attached hydrogens (primary N) is 1. The Bertz CT molecular complexity index is 1290. The summed E-state index contributed by atoms with van der Waals surface area (Å²) in [6.45, 7) is 8.67. The highest BCUT2D eigenvalue weighted by molar-refractivity contribution is 5.94. The van der Waals surface area contributed by atoms with Gasteiger partial charge in [-0.2, -0.15) is 0 Å². The predicted octanol–water partition coefficient (Wildman–Crippen LogP) is 4.48. The number of aromatic nitrogens is 3. The second-order valence-corrected chi connectivity index (χ2v) is 9.01. The molecule has 1 saturated heterocycles. The molecule has 0 bridgehead atoms. The van der Waals surface area contributed by atoms with Gasteiger partial charge in [-0.3, -0.25) is 9.20 Å². The molecule has 5 rings (SSSR count). The number of aryl methyl sites for hydroxylation is 1. The zero-order chi connectivity index (χ0) is 21.7. The number of aromatic amines is 1. The lowest BCUT2D eigenvalue weighted by molar-refractivity contribution is 0.0995. The van der Waals surface area contributed by atoms with Crippen molar-refractivity contribution in [3.63, 3.8) is 0 Å². The summed E-state index contributed by atoms with van der Waals surface area (Å²) in [5.74, 6) is 0.490. The summed E-state index contributed by atoms with van der Waals surface area (Å²) >= 11 is 0.